The lowest BCUT2D eigenvalue weighted by molar-refractivity contribution is 0.108. The van der Waals surface area contributed by atoms with E-state index in [-0.39, 0.29) is 6.61 Å². The molecule has 0 bridgehead atoms. The highest BCUT2D eigenvalue weighted by molar-refractivity contribution is 6.31. The number of nitrogens with one attached hydrogen (secondary N) is 1. The van der Waals surface area contributed by atoms with Crippen molar-refractivity contribution >= 4 is 23.2 Å². The Balaban J connectivity index is 1.74. The minimum Gasteiger partial charge on any atom is -0.491 e. The zero-order chi connectivity index (χ0) is 26.4. The van der Waals surface area contributed by atoms with Crippen LogP contribution in [0.15, 0.2) is 42.6 Å². The lowest BCUT2D eigenvalue weighted by atomic mass is 9.94. The number of pyridine rings is 1. The third-order valence-corrected chi connectivity index (χ3v) is 6.93. The van der Waals surface area contributed by atoms with Gasteiger partial charge in [0.15, 0.2) is 5.82 Å². The molecular weight excluding hydrogens is 488 g/mol. The van der Waals surface area contributed by atoms with E-state index in [1.165, 1.54) is 19.3 Å². The lowest BCUT2D eigenvalue weighted by Gasteiger charge is -2.32. The van der Waals surface area contributed by atoms with Gasteiger partial charge in [0.25, 0.3) is 0 Å². The highest BCUT2D eigenvalue weighted by Gasteiger charge is 2.21. The maximum atomic E-state index is 10.1. The van der Waals surface area contributed by atoms with Gasteiger partial charge < -0.3 is 25.0 Å². The molecular formula is C28H37ClN6O2. The van der Waals surface area contributed by atoms with Crippen LogP contribution >= 0.6 is 11.6 Å². The maximum Gasteiger partial charge on any atom is 0.162 e. The normalized spacial score (nSPS) is 14.9. The molecule has 4 rings (SSSR count). The van der Waals surface area contributed by atoms with Crippen molar-refractivity contribution in [2.24, 2.45) is 0 Å². The molecule has 9 heteroatoms. The summed E-state index contributed by atoms with van der Waals surface area (Å²) in [5.41, 5.74) is 2.54. The van der Waals surface area contributed by atoms with Gasteiger partial charge in [0.1, 0.15) is 30.1 Å². The Bertz CT molecular complexity index is 1190. The molecule has 1 aliphatic carbocycles. The zero-order valence-corrected chi connectivity index (χ0v) is 22.9. The average molecular weight is 525 g/mol. The van der Waals surface area contributed by atoms with Gasteiger partial charge in [-0.3, -0.25) is 0 Å². The van der Waals surface area contributed by atoms with Gasteiger partial charge in [-0.25, -0.2) is 15.0 Å². The van der Waals surface area contributed by atoms with Gasteiger partial charge >= 0.3 is 0 Å². The van der Waals surface area contributed by atoms with E-state index in [9.17, 15) is 5.11 Å². The van der Waals surface area contributed by atoms with Crippen molar-refractivity contribution in [1.82, 2.24) is 20.3 Å². The molecule has 1 unspecified atom stereocenters. The number of halogens is 1. The Morgan fingerprint density at radius 1 is 1.03 bits per heavy atom. The van der Waals surface area contributed by atoms with Gasteiger partial charge in [-0.1, -0.05) is 30.9 Å². The molecule has 1 aliphatic rings. The van der Waals surface area contributed by atoms with E-state index in [4.69, 9.17) is 26.3 Å². The fourth-order valence-electron chi connectivity index (χ4n) is 4.63. The molecule has 37 heavy (non-hydrogen) atoms. The molecule has 1 aromatic carbocycles. The first-order chi connectivity index (χ1) is 17.8. The smallest absolute Gasteiger partial charge is 0.162 e. The van der Waals surface area contributed by atoms with Gasteiger partial charge in [-0.2, -0.15) is 0 Å². The van der Waals surface area contributed by atoms with Gasteiger partial charge in [0, 0.05) is 62.1 Å². The second-order valence-corrected chi connectivity index (χ2v) is 10.3. The molecule has 2 aromatic heterocycles. The van der Waals surface area contributed by atoms with Crippen LogP contribution in [0.25, 0.3) is 22.6 Å². The van der Waals surface area contributed by atoms with Crippen LogP contribution in [-0.2, 0) is 0 Å². The van der Waals surface area contributed by atoms with E-state index in [1.807, 2.05) is 43.3 Å². The Kier molecular flexibility index (Phi) is 9.18. The minimum atomic E-state index is -0.625. The molecule has 0 saturated heterocycles. The molecule has 1 atom stereocenters. The summed E-state index contributed by atoms with van der Waals surface area (Å²) >= 11 is 6.48. The molecule has 1 saturated carbocycles. The van der Waals surface area contributed by atoms with E-state index in [1.54, 1.807) is 19.3 Å². The number of hydrogen-bond donors (Lipinski definition) is 2. The largest absolute Gasteiger partial charge is 0.491 e. The minimum absolute atomic E-state index is 0.154. The first kappa shape index (κ1) is 27.1. The summed E-state index contributed by atoms with van der Waals surface area (Å²) in [5, 5.41) is 13.5. The van der Waals surface area contributed by atoms with Crippen molar-refractivity contribution in [2.75, 3.05) is 51.1 Å². The average Bonchev–Trinajstić information content (AvgIpc) is 2.91. The predicted molar refractivity (Wildman–Crippen MR) is 151 cm³/mol. The molecule has 0 spiro atoms. The Morgan fingerprint density at radius 3 is 2.54 bits per heavy atom. The molecule has 2 heterocycles. The number of nitrogens with zero attached hydrogens (tertiary/aromatic N) is 5. The number of hydrogen-bond acceptors (Lipinski definition) is 8. The van der Waals surface area contributed by atoms with Gasteiger partial charge in [0.2, 0.25) is 0 Å². The van der Waals surface area contributed by atoms with Crippen LogP contribution in [-0.4, -0.2) is 73.5 Å². The Labute approximate surface area is 224 Å². The zero-order valence-electron chi connectivity index (χ0n) is 22.1. The van der Waals surface area contributed by atoms with Crippen LogP contribution in [0.4, 0.5) is 11.6 Å². The van der Waals surface area contributed by atoms with Gasteiger partial charge in [-0.05, 0) is 50.2 Å². The van der Waals surface area contributed by atoms with Crippen LogP contribution in [0.2, 0.25) is 5.02 Å². The van der Waals surface area contributed by atoms with E-state index >= 15 is 0 Å². The van der Waals surface area contributed by atoms with E-state index in [0.29, 0.717) is 29.2 Å². The molecule has 1 fully saturated rings. The van der Waals surface area contributed by atoms with Crippen LogP contribution in [0.5, 0.6) is 5.75 Å². The second-order valence-electron chi connectivity index (χ2n) is 9.83. The number of ether oxygens (including phenoxy) is 1. The Morgan fingerprint density at radius 2 is 1.81 bits per heavy atom. The summed E-state index contributed by atoms with van der Waals surface area (Å²) in [7, 11) is 7.86. The first-order valence-electron chi connectivity index (χ1n) is 12.9. The molecule has 2 N–H and O–H groups in total. The second kappa shape index (κ2) is 12.5. The van der Waals surface area contributed by atoms with Crippen molar-refractivity contribution < 1.29 is 9.84 Å². The SMILES string of the molecule is CNCC(O)COc1cc(Cl)cc(-c2nc(-c3ccnc(N(C)C)c3)cc(N(C)C3CCCCC3)n2)c1. The van der Waals surface area contributed by atoms with E-state index in [2.05, 4.69) is 28.3 Å². The summed E-state index contributed by atoms with van der Waals surface area (Å²) < 4.78 is 5.84. The number of aliphatic hydroxyl groups excluding tert-OH is 1. The number of rotatable bonds is 10. The monoisotopic (exact) mass is 524 g/mol. The molecule has 0 aliphatic heterocycles. The van der Waals surface area contributed by atoms with Crippen molar-refractivity contribution in [3.05, 3.63) is 47.6 Å². The quantitative estimate of drug-likeness (QED) is 0.396. The number of anilines is 2. The van der Waals surface area contributed by atoms with Crippen LogP contribution in [0.3, 0.4) is 0 Å². The molecule has 0 amide bonds. The Hall–Kier alpha value is -2.94. The fraction of sp³-hybridized carbons (Fsp3) is 0.464. The number of likely N-dealkylation sites (N-methyl/N-ethyl adjacent to an activating group) is 1. The molecule has 198 valence electrons. The van der Waals surface area contributed by atoms with Crippen LogP contribution < -0.4 is 19.9 Å². The first-order valence-corrected chi connectivity index (χ1v) is 13.2. The maximum absolute atomic E-state index is 10.1. The van der Waals surface area contributed by atoms with Gasteiger partial charge in [0.05, 0.1) is 5.69 Å². The van der Waals surface area contributed by atoms with Crippen molar-refractivity contribution in [3.8, 4) is 28.4 Å². The summed E-state index contributed by atoms with van der Waals surface area (Å²) in [6.45, 7) is 0.595. The summed E-state index contributed by atoms with van der Waals surface area (Å²) in [6, 6.07) is 12.0. The predicted octanol–water partition coefficient (Wildman–Crippen LogP) is 4.65. The molecule has 0 radical (unpaired) electrons. The summed E-state index contributed by atoms with van der Waals surface area (Å²) in [4.78, 5) is 18.7. The topological polar surface area (TPSA) is 86.6 Å². The van der Waals surface area contributed by atoms with E-state index in [0.717, 1.165) is 41.3 Å². The molecule has 3 aromatic rings. The summed E-state index contributed by atoms with van der Waals surface area (Å²) in [5.74, 6) is 2.87. The standard InChI is InChI=1S/C28H37ClN6O2/c1-30-17-23(36)18-37-24-13-20(12-21(29)15-24)28-32-25(19-10-11-31-26(14-19)34(2)3)16-27(33-28)35(4)22-8-6-5-7-9-22/h10-16,22-23,30,36H,5-9,17-18H2,1-4H3. The fourth-order valence-corrected chi connectivity index (χ4v) is 4.86. The molecule has 8 nitrogen and oxygen atoms in total. The van der Waals surface area contributed by atoms with E-state index < -0.39 is 6.10 Å². The van der Waals surface area contributed by atoms with Crippen molar-refractivity contribution in [2.45, 2.75) is 44.2 Å². The third kappa shape index (κ3) is 7.09. The number of aliphatic hydroxyl groups is 1. The lowest BCUT2D eigenvalue weighted by Crippen LogP contribution is -2.34. The van der Waals surface area contributed by atoms with Crippen molar-refractivity contribution in [3.63, 3.8) is 0 Å². The number of aromatic nitrogens is 3. The van der Waals surface area contributed by atoms with Crippen LogP contribution in [0, 0.1) is 0 Å². The highest BCUT2D eigenvalue weighted by Crippen LogP contribution is 2.33. The summed E-state index contributed by atoms with van der Waals surface area (Å²) in [6.07, 6.45) is 7.28. The highest BCUT2D eigenvalue weighted by atomic mass is 35.5. The van der Waals surface area contributed by atoms with Crippen molar-refractivity contribution in [1.29, 1.82) is 0 Å². The third-order valence-electron chi connectivity index (χ3n) is 6.71. The van der Waals surface area contributed by atoms with Gasteiger partial charge in [-0.15, -0.1) is 0 Å². The number of benzene rings is 1. The van der Waals surface area contributed by atoms with Crippen LogP contribution in [0.1, 0.15) is 32.1 Å².